The molecule has 0 aliphatic rings. The van der Waals surface area contributed by atoms with E-state index in [9.17, 15) is 4.79 Å². The molecule has 0 amide bonds. The van der Waals surface area contributed by atoms with E-state index in [2.05, 4.69) is 9.97 Å². The van der Waals surface area contributed by atoms with Gasteiger partial charge in [0.15, 0.2) is 22.9 Å². The summed E-state index contributed by atoms with van der Waals surface area (Å²) in [5.41, 5.74) is 5.52. The zero-order valence-corrected chi connectivity index (χ0v) is 9.40. The molecule has 0 radical (unpaired) electrons. The molecule has 0 saturated carbocycles. The molecule has 2 aromatic rings. The Labute approximate surface area is 107 Å². The van der Waals surface area contributed by atoms with Crippen LogP contribution in [0.25, 0.3) is 5.82 Å². The van der Waals surface area contributed by atoms with Crippen LogP contribution in [-0.4, -0.2) is 25.6 Å². The van der Waals surface area contributed by atoms with Gasteiger partial charge in [0.25, 0.3) is 0 Å². The predicted molar refractivity (Wildman–Crippen MR) is 62.2 cm³/mol. The molecule has 19 heavy (non-hydrogen) atoms. The first-order chi connectivity index (χ1) is 9.08. The summed E-state index contributed by atoms with van der Waals surface area (Å²) in [5, 5.41) is 26.7. The van der Waals surface area contributed by atoms with Crippen molar-refractivity contribution in [3.63, 3.8) is 0 Å². The molecule has 8 heteroatoms. The van der Waals surface area contributed by atoms with Gasteiger partial charge >= 0.3 is 5.97 Å². The highest BCUT2D eigenvalue weighted by Gasteiger charge is 2.16. The molecule has 0 aromatic carbocycles. The fourth-order valence-corrected chi connectivity index (χ4v) is 1.47. The monoisotopic (exact) mass is 254 g/mol. The van der Waals surface area contributed by atoms with E-state index in [-0.39, 0.29) is 28.6 Å². The van der Waals surface area contributed by atoms with Gasteiger partial charge in [-0.1, -0.05) is 0 Å². The van der Waals surface area contributed by atoms with Gasteiger partial charge in [-0.15, -0.1) is 0 Å². The summed E-state index contributed by atoms with van der Waals surface area (Å²) in [6.07, 6.45) is 1.20. The summed E-state index contributed by atoms with van der Waals surface area (Å²) in [6, 6.07) is 6.16. The second kappa shape index (κ2) is 4.47. The predicted octanol–water partition coefficient (Wildman–Crippen LogP) is 0.291. The van der Waals surface area contributed by atoms with E-state index in [0.29, 0.717) is 0 Å². The molecule has 0 spiro atoms. The molecule has 0 unspecified atom stereocenters. The molecule has 0 saturated heterocycles. The molecule has 0 atom stereocenters. The number of aromatic nitrogens is 3. The number of nitrogen functional groups attached to an aromatic ring is 1. The third-order valence-corrected chi connectivity index (χ3v) is 2.33. The van der Waals surface area contributed by atoms with Gasteiger partial charge in [-0.05, 0) is 12.1 Å². The number of aromatic carboxylic acids is 1. The van der Waals surface area contributed by atoms with Crippen LogP contribution in [0, 0.1) is 22.7 Å². The average molecular weight is 254 g/mol. The number of carbonyl (C=O) groups is 1. The number of imidazole rings is 1. The van der Waals surface area contributed by atoms with Crippen LogP contribution in [-0.2, 0) is 0 Å². The van der Waals surface area contributed by atoms with Gasteiger partial charge in [0.05, 0.1) is 5.69 Å². The molecule has 92 valence electrons. The van der Waals surface area contributed by atoms with E-state index in [1.807, 2.05) is 0 Å². The number of carboxylic acid groups (broad SMARTS) is 1. The lowest BCUT2D eigenvalue weighted by molar-refractivity contribution is 0.0690. The number of rotatable bonds is 2. The molecule has 0 aliphatic heterocycles. The lowest BCUT2D eigenvalue weighted by atomic mass is 10.3. The maximum atomic E-state index is 10.9. The maximum absolute atomic E-state index is 10.9. The average Bonchev–Trinajstić information content (AvgIpc) is 2.81. The molecule has 8 nitrogen and oxygen atoms in total. The maximum Gasteiger partial charge on any atom is 0.354 e. The fraction of sp³-hybridized carbons (Fsp3) is 0. The molecule has 2 rings (SSSR count). The summed E-state index contributed by atoms with van der Waals surface area (Å²) in [6.45, 7) is 0. The standard InChI is InChI=1S/C11H6N6O2/c12-3-8-9(4-13)17(5-15-8)10-6(14)1-2-7(16-10)11(18)19/h1-2,5H,14H2,(H,18,19). The molecule has 0 aliphatic carbocycles. The van der Waals surface area contributed by atoms with Crippen LogP contribution in [0.3, 0.4) is 0 Å². The summed E-state index contributed by atoms with van der Waals surface area (Å²) in [7, 11) is 0. The van der Waals surface area contributed by atoms with Crippen LogP contribution < -0.4 is 5.73 Å². The summed E-state index contributed by atoms with van der Waals surface area (Å²) in [4.78, 5) is 18.4. The molecule has 3 N–H and O–H groups in total. The minimum Gasteiger partial charge on any atom is -0.477 e. The van der Waals surface area contributed by atoms with Crippen molar-refractivity contribution in [2.75, 3.05) is 5.73 Å². The van der Waals surface area contributed by atoms with Gasteiger partial charge in [-0.3, -0.25) is 4.57 Å². The van der Waals surface area contributed by atoms with Gasteiger partial charge < -0.3 is 10.8 Å². The Balaban J connectivity index is 2.69. The number of carboxylic acids is 1. The van der Waals surface area contributed by atoms with Crippen molar-refractivity contribution in [2.45, 2.75) is 0 Å². The summed E-state index contributed by atoms with van der Waals surface area (Å²) < 4.78 is 1.18. The highest BCUT2D eigenvalue weighted by molar-refractivity contribution is 5.86. The quantitative estimate of drug-likeness (QED) is 0.784. The second-order valence-corrected chi connectivity index (χ2v) is 3.45. The van der Waals surface area contributed by atoms with E-state index < -0.39 is 5.97 Å². The van der Waals surface area contributed by atoms with Gasteiger partial charge in [0.1, 0.15) is 18.5 Å². The van der Waals surface area contributed by atoms with E-state index in [1.165, 1.54) is 23.0 Å². The van der Waals surface area contributed by atoms with Crippen molar-refractivity contribution < 1.29 is 9.90 Å². The van der Waals surface area contributed by atoms with Gasteiger partial charge in [-0.2, -0.15) is 10.5 Å². The van der Waals surface area contributed by atoms with Crippen LogP contribution in [0.5, 0.6) is 0 Å². The zero-order chi connectivity index (χ0) is 14.0. The smallest absolute Gasteiger partial charge is 0.354 e. The number of hydrogen-bond acceptors (Lipinski definition) is 6. The number of anilines is 1. The van der Waals surface area contributed by atoms with Crippen molar-refractivity contribution >= 4 is 11.7 Å². The molecular weight excluding hydrogens is 248 g/mol. The Bertz CT molecular complexity index is 750. The normalized spacial score (nSPS) is 9.58. The number of nitriles is 2. The van der Waals surface area contributed by atoms with Crippen molar-refractivity contribution in [3.05, 3.63) is 35.5 Å². The second-order valence-electron chi connectivity index (χ2n) is 3.45. The Morgan fingerprint density at radius 2 is 2.11 bits per heavy atom. The number of nitrogens with zero attached hydrogens (tertiary/aromatic N) is 5. The van der Waals surface area contributed by atoms with E-state index >= 15 is 0 Å². The van der Waals surface area contributed by atoms with Crippen molar-refractivity contribution in [1.82, 2.24) is 14.5 Å². The van der Waals surface area contributed by atoms with E-state index in [1.54, 1.807) is 12.1 Å². The van der Waals surface area contributed by atoms with Crippen LogP contribution in [0.15, 0.2) is 18.5 Å². The first-order valence-corrected chi connectivity index (χ1v) is 4.96. The van der Waals surface area contributed by atoms with E-state index in [0.717, 1.165) is 0 Å². The summed E-state index contributed by atoms with van der Waals surface area (Å²) >= 11 is 0. The van der Waals surface area contributed by atoms with Gasteiger partial charge in [-0.25, -0.2) is 14.8 Å². The Hall–Kier alpha value is -3.39. The first-order valence-electron chi connectivity index (χ1n) is 4.96. The largest absolute Gasteiger partial charge is 0.477 e. The van der Waals surface area contributed by atoms with Gasteiger partial charge in [0, 0.05) is 0 Å². The zero-order valence-electron chi connectivity index (χ0n) is 9.40. The number of hydrogen-bond donors (Lipinski definition) is 2. The highest BCUT2D eigenvalue weighted by Crippen LogP contribution is 2.18. The van der Waals surface area contributed by atoms with Crippen LogP contribution in [0.4, 0.5) is 5.69 Å². The highest BCUT2D eigenvalue weighted by atomic mass is 16.4. The van der Waals surface area contributed by atoms with Gasteiger partial charge in [0.2, 0.25) is 0 Å². The summed E-state index contributed by atoms with van der Waals surface area (Å²) in [5.74, 6) is -1.18. The Kier molecular flexibility index (Phi) is 2.84. The molecule has 2 heterocycles. The van der Waals surface area contributed by atoms with E-state index in [4.69, 9.17) is 21.4 Å². The van der Waals surface area contributed by atoms with Crippen molar-refractivity contribution in [2.24, 2.45) is 0 Å². The molecule has 2 aromatic heterocycles. The fourth-order valence-electron chi connectivity index (χ4n) is 1.47. The molecule has 0 fully saturated rings. The number of nitrogens with two attached hydrogens (primary N) is 1. The third kappa shape index (κ3) is 1.94. The van der Waals surface area contributed by atoms with Crippen LogP contribution in [0.2, 0.25) is 0 Å². The van der Waals surface area contributed by atoms with Crippen molar-refractivity contribution in [3.8, 4) is 18.0 Å². The lowest BCUT2D eigenvalue weighted by Gasteiger charge is -2.07. The molecular formula is C11H6N6O2. The number of pyridine rings is 1. The lowest BCUT2D eigenvalue weighted by Crippen LogP contribution is -2.09. The minimum absolute atomic E-state index is 0.0467. The van der Waals surface area contributed by atoms with Crippen LogP contribution >= 0.6 is 0 Å². The third-order valence-electron chi connectivity index (χ3n) is 2.33. The first kappa shape index (κ1) is 12.1. The molecule has 0 bridgehead atoms. The van der Waals surface area contributed by atoms with Crippen molar-refractivity contribution in [1.29, 1.82) is 10.5 Å². The Morgan fingerprint density at radius 1 is 1.37 bits per heavy atom. The van der Waals surface area contributed by atoms with Crippen LogP contribution in [0.1, 0.15) is 21.9 Å². The topological polar surface area (TPSA) is 142 Å². The minimum atomic E-state index is -1.22. The SMILES string of the molecule is N#Cc1ncn(-c2nc(C(=O)O)ccc2N)c1C#N. The Morgan fingerprint density at radius 3 is 2.68 bits per heavy atom.